The van der Waals surface area contributed by atoms with E-state index < -0.39 is 0 Å². The molecule has 1 saturated carbocycles. The summed E-state index contributed by atoms with van der Waals surface area (Å²) in [5.74, 6) is 0.731. The Bertz CT molecular complexity index is 1040. The van der Waals surface area contributed by atoms with Gasteiger partial charge in [-0.15, -0.1) is 22.7 Å². The molecular formula is C20H20N4O3S2. The standard InChI is InChI=1S/C20H20N4O3S2/c1-11-17(12-5-7-15(27-2)8-6-12)23-20(29-11)22-16(25)9-14-10-28-19(21-14)24-18(26)13-3-4-13/h5-8,10,13H,3-4,9H2,1-2H3,(H,21,24,26)(H,22,23,25). The second-order valence-corrected chi connectivity index (χ2v) is 8.85. The number of anilines is 2. The summed E-state index contributed by atoms with van der Waals surface area (Å²) in [4.78, 5) is 34.1. The van der Waals surface area contributed by atoms with Gasteiger partial charge >= 0.3 is 0 Å². The number of carbonyl (C=O) groups excluding carboxylic acids is 2. The molecular weight excluding hydrogens is 408 g/mol. The van der Waals surface area contributed by atoms with Crippen LogP contribution >= 0.6 is 22.7 Å². The first kappa shape index (κ1) is 19.5. The minimum Gasteiger partial charge on any atom is -0.497 e. The van der Waals surface area contributed by atoms with Crippen molar-refractivity contribution in [3.8, 4) is 17.0 Å². The number of amides is 2. The van der Waals surface area contributed by atoms with Crippen LogP contribution in [0, 0.1) is 12.8 Å². The molecule has 4 rings (SSSR count). The smallest absolute Gasteiger partial charge is 0.232 e. The highest BCUT2D eigenvalue weighted by Crippen LogP contribution is 2.32. The minimum absolute atomic E-state index is 0.0136. The quantitative estimate of drug-likeness (QED) is 0.591. The molecule has 1 aliphatic rings. The van der Waals surface area contributed by atoms with Gasteiger partial charge in [-0.2, -0.15) is 0 Å². The SMILES string of the molecule is COc1ccc(-c2nc(NC(=O)Cc3csc(NC(=O)C4CC4)n3)sc2C)cc1. The van der Waals surface area contributed by atoms with Crippen molar-refractivity contribution in [2.75, 3.05) is 17.7 Å². The molecule has 0 atom stereocenters. The van der Waals surface area contributed by atoms with Gasteiger partial charge in [0.15, 0.2) is 10.3 Å². The van der Waals surface area contributed by atoms with Gasteiger partial charge in [0.2, 0.25) is 11.8 Å². The molecule has 0 aliphatic heterocycles. The number of methoxy groups -OCH3 is 1. The second-order valence-electron chi connectivity index (χ2n) is 6.78. The van der Waals surface area contributed by atoms with Crippen LogP contribution < -0.4 is 15.4 Å². The largest absolute Gasteiger partial charge is 0.497 e. The van der Waals surface area contributed by atoms with Crippen LogP contribution in [0.5, 0.6) is 5.75 Å². The molecule has 2 amide bonds. The zero-order chi connectivity index (χ0) is 20.4. The summed E-state index contributed by atoms with van der Waals surface area (Å²) >= 11 is 2.76. The maximum absolute atomic E-state index is 12.4. The molecule has 3 aromatic rings. The van der Waals surface area contributed by atoms with Gasteiger partial charge in [-0.05, 0) is 44.0 Å². The summed E-state index contributed by atoms with van der Waals surface area (Å²) in [6, 6.07) is 7.65. The van der Waals surface area contributed by atoms with Crippen LogP contribution in [0.1, 0.15) is 23.4 Å². The fourth-order valence-electron chi connectivity index (χ4n) is 2.79. The van der Waals surface area contributed by atoms with E-state index in [2.05, 4.69) is 20.6 Å². The first-order chi connectivity index (χ1) is 14.0. The van der Waals surface area contributed by atoms with Gasteiger partial charge in [0, 0.05) is 21.7 Å². The van der Waals surface area contributed by atoms with Crippen LogP contribution in [0.15, 0.2) is 29.6 Å². The van der Waals surface area contributed by atoms with Crippen molar-refractivity contribution in [3.63, 3.8) is 0 Å². The van der Waals surface area contributed by atoms with E-state index in [4.69, 9.17) is 4.74 Å². The van der Waals surface area contributed by atoms with Crippen LogP contribution in [0.25, 0.3) is 11.3 Å². The molecule has 0 unspecified atom stereocenters. The summed E-state index contributed by atoms with van der Waals surface area (Å²) in [5.41, 5.74) is 2.43. The topological polar surface area (TPSA) is 93.2 Å². The first-order valence-electron chi connectivity index (χ1n) is 9.19. The molecule has 0 radical (unpaired) electrons. The number of hydrogen-bond acceptors (Lipinski definition) is 7. The number of ether oxygens (including phenoxy) is 1. The molecule has 0 bridgehead atoms. The number of thiazole rings is 2. The third kappa shape index (κ3) is 4.80. The van der Waals surface area contributed by atoms with Crippen molar-refractivity contribution < 1.29 is 14.3 Å². The van der Waals surface area contributed by atoms with E-state index in [0.29, 0.717) is 16.0 Å². The third-order valence-corrected chi connectivity index (χ3v) is 6.17. The Kier molecular flexibility index (Phi) is 5.59. The van der Waals surface area contributed by atoms with Gasteiger partial charge in [0.05, 0.1) is 24.9 Å². The number of rotatable bonds is 7. The van der Waals surface area contributed by atoms with E-state index >= 15 is 0 Å². The minimum atomic E-state index is -0.189. The van der Waals surface area contributed by atoms with Crippen LogP contribution in [-0.4, -0.2) is 28.9 Å². The lowest BCUT2D eigenvalue weighted by Gasteiger charge is -2.02. The van der Waals surface area contributed by atoms with E-state index in [1.807, 2.05) is 31.2 Å². The Morgan fingerprint density at radius 1 is 1.14 bits per heavy atom. The monoisotopic (exact) mass is 428 g/mol. The maximum Gasteiger partial charge on any atom is 0.232 e. The Labute approximate surface area is 176 Å². The van der Waals surface area contributed by atoms with Gasteiger partial charge < -0.3 is 15.4 Å². The van der Waals surface area contributed by atoms with Gasteiger partial charge in [-0.3, -0.25) is 9.59 Å². The van der Waals surface area contributed by atoms with Crippen molar-refractivity contribution in [1.82, 2.24) is 9.97 Å². The van der Waals surface area contributed by atoms with Crippen molar-refractivity contribution in [3.05, 3.63) is 40.2 Å². The Hall–Kier alpha value is -2.78. The van der Waals surface area contributed by atoms with Crippen LogP contribution in [-0.2, 0) is 16.0 Å². The Balaban J connectivity index is 1.37. The number of nitrogens with zero attached hydrogens (tertiary/aromatic N) is 2. The number of benzene rings is 1. The third-order valence-electron chi connectivity index (χ3n) is 4.48. The van der Waals surface area contributed by atoms with E-state index in [1.165, 1.54) is 22.7 Å². The average molecular weight is 429 g/mol. The number of aryl methyl sites for hydroxylation is 1. The van der Waals surface area contributed by atoms with Gasteiger partial charge in [0.1, 0.15) is 5.75 Å². The highest BCUT2D eigenvalue weighted by atomic mass is 32.1. The predicted molar refractivity (Wildman–Crippen MR) is 115 cm³/mol. The average Bonchev–Trinajstić information content (AvgIpc) is 3.38. The maximum atomic E-state index is 12.4. The molecule has 0 spiro atoms. The van der Waals surface area contributed by atoms with Crippen molar-refractivity contribution in [2.24, 2.45) is 5.92 Å². The van der Waals surface area contributed by atoms with Gasteiger partial charge in [-0.25, -0.2) is 9.97 Å². The van der Waals surface area contributed by atoms with E-state index in [1.54, 1.807) is 12.5 Å². The van der Waals surface area contributed by atoms with Crippen LogP contribution in [0.4, 0.5) is 10.3 Å². The zero-order valence-corrected chi connectivity index (χ0v) is 17.7. The number of nitrogens with one attached hydrogen (secondary N) is 2. The van der Waals surface area contributed by atoms with E-state index in [-0.39, 0.29) is 24.2 Å². The molecule has 2 heterocycles. The van der Waals surface area contributed by atoms with Crippen molar-refractivity contribution in [2.45, 2.75) is 26.2 Å². The summed E-state index contributed by atoms with van der Waals surface area (Å²) in [5, 5.41) is 8.52. The van der Waals surface area contributed by atoms with E-state index in [0.717, 1.165) is 34.7 Å². The highest BCUT2D eigenvalue weighted by Gasteiger charge is 2.30. The second kappa shape index (κ2) is 8.30. The van der Waals surface area contributed by atoms with Crippen molar-refractivity contribution in [1.29, 1.82) is 0 Å². The van der Waals surface area contributed by atoms with Crippen LogP contribution in [0.2, 0.25) is 0 Å². The Morgan fingerprint density at radius 2 is 1.90 bits per heavy atom. The summed E-state index contributed by atoms with van der Waals surface area (Å²) in [6.45, 7) is 1.97. The molecule has 29 heavy (non-hydrogen) atoms. The molecule has 1 fully saturated rings. The van der Waals surface area contributed by atoms with Gasteiger partial charge in [-0.1, -0.05) is 0 Å². The van der Waals surface area contributed by atoms with Gasteiger partial charge in [0.25, 0.3) is 0 Å². The lowest BCUT2D eigenvalue weighted by molar-refractivity contribution is -0.117. The summed E-state index contributed by atoms with van der Waals surface area (Å²) in [7, 11) is 1.63. The molecule has 7 nitrogen and oxygen atoms in total. The molecule has 1 aliphatic carbocycles. The molecule has 150 valence electrons. The lowest BCUT2D eigenvalue weighted by Crippen LogP contribution is -2.15. The van der Waals surface area contributed by atoms with Crippen molar-refractivity contribution >= 4 is 44.8 Å². The highest BCUT2D eigenvalue weighted by molar-refractivity contribution is 7.16. The molecule has 1 aromatic carbocycles. The Morgan fingerprint density at radius 3 is 2.59 bits per heavy atom. The normalized spacial score (nSPS) is 13.2. The molecule has 0 saturated heterocycles. The molecule has 2 N–H and O–H groups in total. The zero-order valence-electron chi connectivity index (χ0n) is 16.0. The number of carbonyl (C=O) groups is 2. The predicted octanol–water partition coefficient (Wildman–Crippen LogP) is 4.11. The molecule has 2 aromatic heterocycles. The fourth-order valence-corrected chi connectivity index (χ4v) is 4.36. The fraction of sp³-hybridized carbons (Fsp3) is 0.300. The number of aromatic nitrogens is 2. The lowest BCUT2D eigenvalue weighted by atomic mass is 10.1. The number of hydrogen-bond donors (Lipinski definition) is 2. The summed E-state index contributed by atoms with van der Waals surface area (Å²) < 4.78 is 5.18. The van der Waals surface area contributed by atoms with E-state index in [9.17, 15) is 9.59 Å². The van der Waals surface area contributed by atoms with Crippen LogP contribution in [0.3, 0.4) is 0 Å². The first-order valence-corrected chi connectivity index (χ1v) is 10.9. The molecule has 9 heteroatoms. The summed E-state index contributed by atoms with van der Waals surface area (Å²) in [6.07, 6.45) is 2.02.